The molecule has 1 N–H and O–H groups in total. The van der Waals surface area contributed by atoms with Crippen LogP contribution in [-0.2, 0) is 6.42 Å². The zero-order valence-electron chi connectivity index (χ0n) is 10.5. The van der Waals surface area contributed by atoms with Gasteiger partial charge in [0.05, 0.1) is 11.7 Å². The average Bonchev–Trinajstić information content (AvgIpc) is 2.38. The summed E-state index contributed by atoms with van der Waals surface area (Å²) >= 11 is 0. The largest absolute Gasteiger partial charge is 0.393 e. The summed E-state index contributed by atoms with van der Waals surface area (Å²) in [4.78, 5) is 13.7. The van der Waals surface area contributed by atoms with Crippen LogP contribution in [0, 0.1) is 5.82 Å². The van der Waals surface area contributed by atoms with E-state index in [1.54, 1.807) is 17.0 Å². The maximum absolute atomic E-state index is 13.8. The van der Waals surface area contributed by atoms with Gasteiger partial charge in [0.15, 0.2) is 0 Å². The highest BCUT2D eigenvalue weighted by molar-refractivity contribution is 5.94. The Bertz CT molecular complexity index is 439. The van der Waals surface area contributed by atoms with Gasteiger partial charge >= 0.3 is 0 Å². The van der Waals surface area contributed by atoms with Gasteiger partial charge in [-0.3, -0.25) is 4.79 Å². The number of hydrogen-bond acceptors (Lipinski definition) is 2. The van der Waals surface area contributed by atoms with Crippen LogP contribution in [0.5, 0.6) is 0 Å². The molecular formula is C14H18FNO2. The number of piperidine rings is 1. The van der Waals surface area contributed by atoms with Gasteiger partial charge in [-0.2, -0.15) is 0 Å². The highest BCUT2D eigenvalue weighted by atomic mass is 19.1. The van der Waals surface area contributed by atoms with Crippen molar-refractivity contribution in [2.45, 2.75) is 32.3 Å². The molecule has 2 rings (SSSR count). The Morgan fingerprint density at radius 1 is 1.44 bits per heavy atom. The van der Waals surface area contributed by atoms with Crippen molar-refractivity contribution in [2.24, 2.45) is 0 Å². The second-order valence-electron chi connectivity index (χ2n) is 4.69. The Hall–Kier alpha value is -1.42. The zero-order chi connectivity index (χ0) is 13.1. The quantitative estimate of drug-likeness (QED) is 0.873. The van der Waals surface area contributed by atoms with Gasteiger partial charge in [0, 0.05) is 13.1 Å². The zero-order valence-corrected chi connectivity index (χ0v) is 10.5. The summed E-state index contributed by atoms with van der Waals surface area (Å²) < 4.78 is 13.8. The van der Waals surface area contributed by atoms with Gasteiger partial charge in [0.1, 0.15) is 5.82 Å². The van der Waals surface area contributed by atoms with Crippen LogP contribution in [0.4, 0.5) is 4.39 Å². The van der Waals surface area contributed by atoms with Crippen LogP contribution in [-0.4, -0.2) is 35.1 Å². The van der Waals surface area contributed by atoms with E-state index in [2.05, 4.69) is 0 Å². The standard InChI is InChI=1S/C14H18FNO2/c1-2-10-3-4-12(13(15)9-10)14(18)16-7-5-11(17)6-8-16/h3-4,9,11,17H,2,5-8H2,1H3. The maximum atomic E-state index is 13.8. The molecule has 0 atom stereocenters. The first kappa shape index (κ1) is 13.0. The molecule has 1 amide bonds. The third kappa shape index (κ3) is 2.70. The number of nitrogens with zero attached hydrogens (tertiary/aromatic N) is 1. The SMILES string of the molecule is CCc1ccc(C(=O)N2CCC(O)CC2)c(F)c1. The molecule has 1 fully saturated rings. The predicted molar refractivity (Wildman–Crippen MR) is 66.9 cm³/mol. The lowest BCUT2D eigenvalue weighted by molar-refractivity contribution is 0.0543. The van der Waals surface area contributed by atoms with Gasteiger partial charge in [-0.1, -0.05) is 13.0 Å². The topological polar surface area (TPSA) is 40.5 Å². The second-order valence-corrected chi connectivity index (χ2v) is 4.69. The number of hydrogen-bond donors (Lipinski definition) is 1. The lowest BCUT2D eigenvalue weighted by Crippen LogP contribution is -2.40. The Labute approximate surface area is 106 Å². The summed E-state index contributed by atoms with van der Waals surface area (Å²) in [6.45, 7) is 2.94. The molecule has 0 spiro atoms. The third-order valence-electron chi connectivity index (χ3n) is 3.42. The van der Waals surface area contributed by atoms with Gasteiger partial charge in [-0.25, -0.2) is 4.39 Å². The van der Waals surface area contributed by atoms with Crippen LogP contribution in [0.1, 0.15) is 35.7 Å². The van der Waals surface area contributed by atoms with E-state index in [-0.39, 0.29) is 17.6 Å². The number of likely N-dealkylation sites (tertiary alicyclic amines) is 1. The third-order valence-corrected chi connectivity index (χ3v) is 3.42. The van der Waals surface area contributed by atoms with Crippen molar-refractivity contribution in [3.63, 3.8) is 0 Å². The number of benzene rings is 1. The number of halogens is 1. The summed E-state index contributed by atoms with van der Waals surface area (Å²) in [5.41, 5.74) is 1.02. The number of rotatable bonds is 2. The Balaban J connectivity index is 2.13. The molecule has 1 saturated heterocycles. The monoisotopic (exact) mass is 251 g/mol. The van der Waals surface area contributed by atoms with Crippen LogP contribution < -0.4 is 0 Å². The minimum atomic E-state index is -0.453. The summed E-state index contributed by atoms with van der Waals surface area (Å²) in [5, 5.41) is 9.39. The molecule has 0 radical (unpaired) electrons. The number of aryl methyl sites for hydroxylation is 1. The van der Waals surface area contributed by atoms with Gasteiger partial charge < -0.3 is 10.0 Å². The van der Waals surface area contributed by atoms with E-state index in [4.69, 9.17) is 0 Å². The smallest absolute Gasteiger partial charge is 0.256 e. The number of aliphatic hydroxyl groups excluding tert-OH is 1. The molecule has 4 heteroatoms. The van der Waals surface area contributed by atoms with Gasteiger partial charge in [0.25, 0.3) is 5.91 Å². The van der Waals surface area contributed by atoms with Crippen LogP contribution >= 0.6 is 0 Å². The normalized spacial score (nSPS) is 16.9. The van der Waals surface area contributed by atoms with Crippen molar-refractivity contribution in [3.05, 3.63) is 35.1 Å². The summed E-state index contributed by atoms with van der Waals surface area (Å²) in [6, 6.07) is 4.77. The van der Waals surface area contributed by atoms with E-state index in [1.165, 1.54) is 6.07 Å². The molecule has 3 nitrogen and oxygen atoms in total. The first-order valence-corrected chi connectivity index (χ1v) is 6.37. The first-order valence-electron chi connectivity index (χ1n) is 6.37. The van der Waals surface area contributed by atoms with Gasteiger partial charge in [0.2, 0.25) is 0 Å². The van der Waals surface area contributed by atoms with Crippen molar-refractivity contribution in [2.75, 3.05) is 13.1 Å². The molecule has 1 aliphatic heterocycles. The minimum Gasteiger partial charge on any atom is -0.393 e. The average molecular weight is 251 g/mol. The van der Waals surface area contributed by atoms with Crippen molar-refractivity contribution < 1.29 is 14.3 Å². The Kier molecular flexibility index (Phi) is 3.97. The van der Waals surface area contributed by atoms with E-state index >= 15 is 0 Å². The molecule has 1 aromatic carbocycles. The summed E-state index contributed by atoms with van der Waals surface area (Å²) in [7, 11) is 0. The number of carbonyl (C=O) groups excluding carboxylic acids is 1. The molecule has 1 heterocycles. The minimum absolute atomic E-state index is 0.128. The van der Waals surface area contributed by atoms with Crippen LogP contribution in [0.3, 0.4) is 0 Å². The lowest BCUT2D eigenvalue weighted by Gasteiger charge is -2.29. The molecule has 0 aliphatic carbocycles. The Morgan fingerprint density at radius 2 is 2.11 bits per heavy atom. The highest BCUT2D eigenvalue weighted by Gasteiger charge is 2.24. The predicted octanol–water partition coefficient (Wildman–Crippen LogP) is 1.98. The van der Waals surface area contributed by atoms with Crippen LogP contribution in [0.15, 0.2) is 18.2 Å². The molecular weight excluding hydrogens is 233 g/mol. The number of carbonyl (C=O) groups is 1. The fourth-order valence-corrected chi connectivity index (χ4v) is 2.19. The van der Waals surface area contributed by atoms with E-state index < -0.39 is 5.82 Å². The summed E-state index contributed by atoms with van der Waals surface area (Å²) in [5.74, 6) is -0.729. The van der Waals surface area contributed by atoms with Gasteiger partial charge in [-0.15, -0.1) is 0 Å². The number of aliphatic hydroxyl groups is 1. The molecule has 0 bridgehead atoms. The van der Waals surface area contributed by atoms with Crippen molar-refractivity contribution in [1.82, 2.24) is 4.90 Å². The molecule has 1 aromatic rings. The first-order chi connectivity index (χ1) is 8.61. The lowest BCUT2D eigenvalue weighted by atomic mass is 10.0. The fraction of sp³-hybridized carbons (Fsp3) is 0.500. The van der Waals surface area contributed by atoms with Crippen molar-refractivity contribution in [3.8, 4) is 0 Å². The molecule has 1 aliphatic rings. The maximum Gasteiger partial charge on any atom is 0.256 e. The van der Waals surface area contributed by atoms with Crippen LogP contribution in [0.2, 0.25) is 0 Å². The van der Waals surface area contributed by atoms with E-state index in [9.17, 15) is 14.3 Å². The highest BCUT2D eigenvalue weighted by Crippen LogP contribution is 2.17. The molecule has 0 saturated carbocycles. The van der Waals surface area contributed by atoms with Crippen LogP contribution in [0.25, 0.3) is 0 Å². The van der Waals surface area contributed by atoms with E-state index in [1.807, 2.05) is 6.92 Å². The molecule has 0 aromatic heterocycles. The van der Waals surface area contributed by atoms with Gasteiger partial charge in [-0.05, 0) is 37.0 Å². The van der Waals surface area contributed by atoms with E-state index in [0.717, 1.165) is 12.0 Å². The second kappa shape index (κ2) is 5.48. The molecule has 98 valence electrons. The summed E-state index contributed by atoms with van der Waals surface area (Å²) in [6.07, 6.45) is 1.56. The Morgan fingerprint density at radius 3 is 2.67 bits per heavy atom. The molecule has 0 unspecified atom stereocenters. The molecule has 18 heavy (non-hydrogen) atoms. The van der Waals surface area contributed by atoms with E-state index in [0.29, 0.717) is 25.9 Å². The fourth-order valence-electron chi connectivity index (χ4n) is 2.19. The van der Waals surface area contributed by atoms with Crippen molar-refractivity contribution in [1.29, 1.82) is 0 Å². The van der Waals surface area contributed by atoms with Crippen molar-refractivity contribution >= 4 is 5.91 Å². The number of amides is 1.